The summed E-state index contributed by atoms with van der Waals surface area (Å²) in [7, 11) is 0. The van der Waals surface area contributed by atoms with Gasteiger partial charge in [-0.25, -0.2) is 9.59 Å². The molecule has 2 N–H and O–H groups in total. The number of nitrogens with zero attached hydrogens (tertiary/aromatic N) is 2. The highest BCUT2D eigenvalue weighted by Gasteiger charge is 2.12. The Labute approximate surface area is 149 Å². The number of aromatic nitrogens is 2. The number of ether oxygens (including phenoxy) is 1. The van der Waals surface area contributed by atoms with Crippen molar-refractivity contribution >= 4 is 30.3 Å². The second-order valence-corrected chi connectivity index (χ2v) is 4.15. The number of rotatable bonds is 3. The Kier molecular flexibility index (Phi) is 12.2. The molecule has 0 aliphatic rings. The number of carbonyl (C=O) groups is 3. The van der Waals surface area contributed by atoms with E-state index in [0.29, 0.717) is 23.6 Å². The lowest BCUT2D eigenvalue weighted by atomic mass is 10.3. The van der Waals surface area contributed by atoms with Crippen molar-refractivity contribution in [2.45, 2.75) is 27.7 Å². The third-order valence-electron chi connectivity index (χ3n) is 2.23. The van der Waals surface area contributed by atoms with Crippen LogP contribution in [0.15, 0.2) is 21.5 Å². The molecule has 0 saturated carbocycles. The molecule has 2 rings (SSSR count). The first-order valence-corrected chi connectivity index (χ1v) is 6.62. The number of halogens is 1. The van der Waals surface area contributed by atoms with Gasteiger partial charge < -0.3 is 24.0 Å². The molecule has 0 unspecified atom stereocenters. The molecule has 2 aromatic heterocycles. The Hall–Kier alpha value is -2.88. The molecule has 0 atom stereocenters. The molecule has 0 aliphatic heterocycles. The maximum Gasteiger partial charge on any atom is 0.343 e. The smallest absolute Gasteiger partial charge is 0.343 e. The Morgan fingerprint density at radius 3 is 2.04 bits per heavy atom. The molecule has 0 amide bonds. The van der Waals surface area contributed by atoms with Crippen LogP contribution in [-0.4, -0.2) is 45.0 Å². The van der Waals surface area contributed by atoms with Gasteiger partial charge in [-0.2, -0.15) is 0 Å². The summed E-state index contributed by atoms with van der Waals surface area (Å²) in [6.07, 6.45) is 2.46. The minimum Gasteiger partial charge on any atom is -0.481 e. The minimum absolute atomic E-state index is 0. The van der Waals surface area contributed by atoms with Crippen LogP contribution in [0.4, 0.5) is 0 Å². The zero-order valence-electron chi connectivity index (χ0n) is 14.0. The molecule has 0 spiro atoms. The summed E-state index contributed by atoms with van der Waals surface area (Å²) in [6, 6.07) is 0. The van der Waals surface area contributed by atoms with E-state index < -0.39 is 11.9 Å². The second kappa shape index (κ2) is 12.5. The summed E-state index contributed by atoms with van der Waals surface area (Å²) in [4.78, 5) is 30.2. The molecule has 0 aliphatic carbocycles. The largest absolute Gasteiger partial charge is 0.481 e. The van der Waals surface area contributed by atoms with Crippen LogP contribution in [0.5, 0.6) is 0 Å². The lowest BCUT2D eigenvalue weighted by Crippen LogP contribution is -2.04. The average molecular weight is 379 g/mol. The van der Waals surface area contributed by atoms with E-state index in [0.717, 1.165) is 13.2 Å². The number of aryl methyl sites for hydroxylation is 2. The molecule has 140 valence electrons. The van der Waals surface area contributed by atoms with Gasteiger partial charge >= 0.3 is 11.9 Å². The normalized spacial score (nSPS) is 8.64. The highest BCUT2D eigenvalue weighted by atomic mass is 35.5. The van der Waals surface area contributed by atoms with E-state index in [-0.39, 0.29) is 23.9 Å². The van der Waals surface area contributed by atoms with Gasteiger partial charge in [-0.15, -0.1) is 12.4 Å². The van der Waals surface area contributed by atoms with Crippen LogP contribution < -0.4 is 0 Å². The Bertz CT molecular complexity index is 676. The van der Waals surface area contributed by atoms with Crippen molar-refractivity contribution in [2.75, 3.05) is 6.61 Å². The fourth-order valence-corrected chi connectivity index (χ4v) is 1.20. The first kappa shape index (κ1) is 24.4. The van der Waals surface area contributed by atoms with Crippen molar-refractivity contribution in [1.29, 1.82) is 0 Å². The average Bonchev–Trinajstić information content (AvgIpc) is 3.07. The number of carboxylic acid groups (broad SMARTS) is 2. The molecule has 10 nitrogen and oxygen atoms in total. The zero-order valence-corrected chi connectivity index (χ0v) is 14.8. The van der Waals surface area contributed by atoms with Gasteiger partial charge in [0.15, 0.2) is 0 Å². The number of aromatic carboxylic acids is 1. The maximum absolute atomic E-state index is 11.0. The number of esters is 1. The first-order chi connectivity index (χ1) is 11.2. The number of aliphatic carboxylic acids is 1. The van der Waals surface area contributed by atoms with E-state index in [1.807, 2.05) is 0 Å². The van der Waals surface area contributed by atoms with Gasteiger partial charge in [-0.1, -0.05) is 10.3 Å². The van der Waals surface area contributed by atoms with Crippen molar-refractivity contribution in [3.8, 4) is 0 Å². The fourth-order valence-electron chi connectivity index (χ4n) is 1.20. The summed E-state index contributed by atoms with van der Waals surface area (Å²) >= 11 is 0. The van der Waals surface area contributed by atoms with Gasteiger partial charge in [0.1, 0.15) is 23.2 Å². The molecule has 2 heterocycles. The molecule has 0 saturated heterocycles. The second-order valence-electron chi connectivity index (χ2n) is 4.15. The van der Waals surface area contributed by atoms with Crippen LogP contribution in [0.25, 0.3) is 0 Å². The Morgan fingerprint density at radius 1 is 1.20 bits per heavy atom. The third kappa shape index (κ3) is 9.76. The van der Waals surface area contributed by atoms with Gasteiger partial charge in [0, 0.05) is 6.92 Å². The van der Waals surface area contributed by atoms with Crippen molar-refractivity contribution in [1.82, 2.24) is 10.3 Å². The molecule has 0 bridgehead atoms. The van der Waals surface area contributed by atoms with Crippen LogP contribution in [0.2, 0.25) is 0 Å². The summed E-state index contributed by atoms with van der Waals surface area (Å²) in [5.41, 5.74) is 0.921. The van der Waals surface area contributed by atoms with Gasteiger partial charge in [-0.3, -0.25) is 4.79 Å². The van der Waals surface area contributed by atoms with E-state index in [9.17, 15) is 9.59 Å². The third-order valence-corrected chi connectivity index (χ3v) is 2.23. The van der Waals surface area contributed by atoms with Gasteiger partial charge in [0.05, 0.1) is 18.5 Å². The topological polar surface area (TPSA) is 153 Å². The highest BCUT2D eigenvalue weighted by molar-refractivity contribution is 5.90. The summed E-state index contributed by atoms with van der Waals surface area (Å²) in [5.74, 6) is -1.73. The van der Waals surface area contributed by atoms with Crippen LogP contribution >= 0.6 is 12.4 Å². The highest BCUT2D eigenvalue weighted by Crippen LogP contribution is 2.06. The first-order valence-electron chi connectivity index (χ1n) is 6.62. The maximum atomic E-state index is 11.0. The van der Waals surface area contributed by atoms with Crippen LogP contribution in [-0.2, 0) is 9.53 Å². The molecular weight excluding hydrogens is 360 g/mol. The molecule has 0 fully saturated rings. The lowest BCUT2D eigenvalue weighted by Gasteiger charge is -1.96. The predicted molar refractivity (Wildman–Crippen MR) is 86.0 cm³/mol. The SMILES string of the molecule is CC(=O)O.CCOC(=O)c1cnoc1C.Cc1nocc1C(=O)O.Cl. The van der Waals surface area contributed by atoms with Crippen molar-refractivity contribution in [3.63, 3.8) is 0 Å². The van der Waals surface area contributed by atoms with E-state index in [4.69, 9.17) is 19.7 Å². The molecule has 11 heteroatoms. The van der Waals surface area contributed by atoms with Crippen LogP contribution in [0, 0.1) is 13.8 Å². The number of carboxylic acids is 2. The summed E-state index contributed by atoms with van der Waals surface area (Å²) < 4.78 is 13.8. The van der Waals surface area contributed by atoms with Crippen molar-refractivity contribution in [2.24, 2.45) is 0 Å². The quantitative estimate of drug-likeness (QED) is 0.760. The molecular formula is C14H19ClN2O8. The number of hydrogen-bond donors (Lipinski definition) is 2. The van der Waals surface area contributed by atoms with E-state index in [2.05, 4.69) is 19.4 Å². The molecule has 0 radical (unpaired) electrons. The molecule has 0 aromatic carbocycles. The molecule has 2 aromatic rings. The Morgan fingerprint density at radius 2 is 1.76 bits per heavy atom. The van der Waals surface area contributed by atoms with E-state index in [1.54, 1.807) is 20.8 Å². The van der Waals surface area contributed by atoms with Crippen LogP contribution in [0.3, 0.4) is 0 Å². The van der Waals surface area contributed by atoms with Gasteiger partial charge in [-0.05, 0) is 20.8 Å². The number of carbonyl (C=O) groups excluding carboxylic acids is 1. The number of hydrogen-bond acceptors (Lipinski definition) is 8. The molecule has 25 heavy (non-hydrogen) atoms. The standard InChI is InChI=1S/C7H9NO3.C5H5NO3.C2H4O2.ClH/c1-3-10-7(9)6-4-8-11-5(6)2;1-3-4(5(7)8)2-9-6-3;1-2(3)4;/h4H,3H2,1-2H3;2H,1H3,(H,7,8);1H3,(H,3,4);1H. The zero-order chi connectivity index (χ0) is 18.7. The minimum atomic E-state index is -1.01. The monoisotopic (exact) mass is 378 g/mol. The summed E-state index contributed by atoms with van der Waals surface area (Å²) in [6.45, 7) is 6.44. The van der Waals surface area contributed by atoms with Crippen molar-refractivity contribution < 1.29 is 38.4 Å². The van der Waals surface area contributed by atoms with E-state index >= 15 is 0 Å². The van der Waals surface area contributed by atoms with Crippen molar-refractivity contribution in [3.05, 3.63) is 35.0 Å². The van der Waals surface area contributed by atoms with Gasteiger partial charge in [0.25, 0.3) is 5.97 Å². The predicted octanol–water partition coefficient (Wildman–Crippen LogP) is 2.35. The van der Waals surface area contributed by atoms with E-state index in [1.165, 1.54) is 6.20 Å². The lowest BCUT2D eigenvalue weighted by molar-refractivity contribution is -0.134. The Balaban J connectivity index is 0. The fraction of sp³-hybridized carbons (Fsp3) is 0.357. The summed E-state index contributed by atoms with van der Waals surface area (Å²) in [5, 5.41) is 22.6. The van der Waals surface area contributed by atoms with Gasteiger partial charge in [0.2, 0.25) is 0 Å². The van der Waals surface area contributed by atoms with Crippen LogP contribution in [0.1, 0.15) is 46.0 Å².